The lowest BCUT2D eigenvalue weighted by Gasteiger charge is -2.00. The molecule has 0 saturated heterocycles. The van der Waals surface area contributed by atoms with Gasteiger partial charge in [0.1, 0.15) is 11.2 Å². The third-order valence-electron chi connectivity index (χ3n) is 4.31. The summed E-state index contributed by atoms with van der Waals surface area (Å²) >= 11 is 7.10. The number of halogens is 2. The van der Waals surface area contributed by atoms with E-state index in [9.17, 15) is 0 Å². The average molecular weight is 426 g/mol. The van der Waals surface area contributed by atoms with E-state index in [2.05, 4.69) is 92.5 Å². The van der Waals surface area contributed by atoms with Crippen LogP contribution < -0.4 is 0 Å². The average Bonchev–Trinajstić information content (AvgIpc) is 2.87. The second-order valence-corrected chi connectivity index (χ2v) is 7.61. The Morgan fingerprint density at radius 2 is 1.00 bits per heavy atom. The smallest absolute Gasteiger partial charge is 0.136 e. The van der Waals surface area contributed by atoms with Crippen LogP contribution in [0.3, 0.4) is 0 Å². The van der Waals surface area contributed by atoms with Gasteiger partial charge < -0.3 is 4.42 Å². The van der Waals surface area contributed by atoms with Crippen molar-refractivity contribution < 1.29 is 4.42 Å². The fourth-order valence-electron chi connectivity index (χ4n) is 3.20. The van der Waals surface area contributed by atoms with E-state index in [-0.39, 0.29) is 0 Å². The fourth-order valence-corrected chi connectivity index (χ4v) is 3.96. The summed E-state index contributed by atoms with van der Waals surface area (Å²) in [4.78, 5) is 0. The zero-order chi connectivity index (χ0) is 15.6. The molecule has 1 nitrogen and oxygen atoms in total. The summed E-state index contributed by atoms with van der Waals surface area (Å²) in [6.45, 7) is 0. The molecule has 4 aromatic carbocycles. The highest BCUT2D eigenvalue weighted by Crippen LogP contribution is 2.35. The molecule has 0 atom stereocenters. The van der Waals surface area contributed by atoms with E-state index in [0.717, 1.165) is 30.9 Å². The molecule has 0 aliphatic heterocycles. The lowest BCUT2D eigenvalue weighted by molar-refractivity contribution is 0.670. The van der Waals surface area contributed by atoms with Crippen molar-refractivity contribution in [1.29, 1.82) is 0 Å². The predicted molar refractivity (Wildman–Crippen MR) is 104 cm³/mol. The molecule has 0 N–H and O–H groups in total. The summed E-state index contributed by atoms with van der Waals surface area (Å²) < 4.78 is 8.28. The van der Waals surface area contributed by atoms with Gasteiger partial charge in [0, 0.05) is 19.7 Å². The van der Waals surface area contributed by atoms with Crippen molar-refractivity contribution in [1.82, 2.24) is 0 Å². The predicted octanol–water partition coefficient (Wildman–Crippen LogP) is 7.42. The first kappa shape index (κ1) is 13.6. The highest BCUT2D eigenvalue weighted by atomic mass is 79.9. The first-order valence-electron chi connectivity index (χ1n) is 7.32. The Labute approximate surface area is 149 Å². The summed E-state index contributed by atoms with van der Waals surface area (Å²) in [6, 6.07) is 21.3. The zero-order valence-corrected chi connectivity index (χ0v) is 15.1. The monoisotopic (exact) mass is 424 g/mol. The SMILES string of the molecule is Brc1ccc2cc3oc4cc5ccc(Br)cc5cc4c3cc2c1. The minimum atomic E-state index is 0.934. The van der Waals surface area contributed by atoms with Crippen LogP contribution in [0.2, 0.25) is 0 Å². The Hall–Kier alpha value is -1.84. The summed E-state index contributed by atoms with van der Waals surface area (Å²) in [7, 11) is 0. The van der Waals surface area contributed by atoms with E-state index in [4.69, 9.17) is 4.42 Å². The quantitative estimate of drug-likeness (QED) is 0.251. The minimum Gasteiger partial charge on any atom is -0.456 e. The zero-order valence-electron chi connectivity index (χ0n) is 11.9. The van der Waals surface area contributed by atoms with Gasteiger partial charge in [0.25, 0.3) is 0 Å². The Morgan fingerprint density at radius 1 is 0.522 bits per heavy atom. The molecule has 5 aromatic rings. The highest BCUT2D eigenvalue weighted by Gasteiger charge is 2.10. The van der Waals surface area contributed by atoms with Crippen LogP contribution in [0.1, 0.15) is 0 Å². The Morgan fingerprint density at radius 3 is 1.48 bits per heavy atom. The number of furan rings is 1. The maximum atomic E-state index is 6.11. The van der Waals surface area contributed by atoms with E-state index in [1.807, 2.05) is 0 Å². The molecule has 110 valence electrons. The Kier molecular flexibility index (Phi) is 2.85. The summed E-state index contributed by atoms with van der Waals surface area (Å²) in [5.41, 5.74) is 1.87. The molecule has 0 bridgehead atoms. The van der Waals surface area contributed by atoms with Crippen LogP contribution in [0.4, 0.5) is 0 Å². The number of hydrogen-bond acceptors (Lipinski definition) is 1. The van der Waals surface area contributed by atoms with Crippen LogP contribution in [0.25, 0.3) is 43.5 Å². The Bertz CT molecular complexity index is 1140. The molecule has 0 saturated carbocycles. The van der Waals surface area contributed by atoms with E-state index in [1.165, 1.54) is 21.5 Å². The molecular formula is C20H10Br2O. The second kappa shape index (κ2) is 4.83. The highest BCUT2D eigenvalue weighted by molar-refractivity contribution is 9.10. The van der Waals surface area contributed by atoms with Gasteiger partial charge in [0.15, 0.2) is 0 Å². The van der Waals surface area contributed by atoms with Gasteiger partial charge in [0.05, 0.1) is 0 Å². The van der Waals surface area contributed by atoms with Gasteiger partial charge in [-0.05, 0) is 70.1 Å². The molecule has 0 amide bonds. The van der Waals surface area contributed by atoms with Crippen molar-refractivity contribution in [3.63, 3.8) is 0 Å². The molecular weight excluding hydrogens is 416 g/mol. The topological polar surface area (TPSA) is 13.1 Å². The molecule has 0 aliphatic carbocycles. The van der Waals surface area contributed by atoms with Crippen molar-refractivity contribution in [2.24, 2.45) is 0 Å². The van der Waals surface area contributed by atoms with Gasteiger partial charge >= 0.3 is 0 Å². The molecule has 0 spiro atoms. The first-order chi connectivity index (χ1) is 11.2. The number of fused-ring (bicyclic) bond motifs is 5. The molecule has 1 heterocycles. The maximum absolute atomic E-state index is 6.11. The molecule has 3 heteroatoms. The van der Waals surface area contributed by atoms with Crippen LogP contribution in [0.5, 0.6) is 0 Å². The van der Waals surface area contributed by atoms with E-state index >= 15 is 0 Å². The van der Waals surface area contributed by atoms with Crippen LogP contribution in [0.15, 0.2) is 74.0 Å². The fraction of sp³-hybridized carbons (Fsp3) is 0. The summed E-state index contributed by atoms with van der Waals surface area (Å²) in [5, 5.41) is 7.12. The second-order valence-electron chi connectivity index (χ2n) is 5.78. The van der Waals surface area contributed by atoms with E-state index in [1.54, 1.807) is 0 Å². The van der Waals surface area contributed by atoms with E-state index < -0.39 is 0 Å². The molecule has 5 rings (SSSR count). The van der Waals surface area contributed by atoms with Gasteiger partial charge in [-0.25, -0.2) is 0 Å². The van der Waals surface area contributed by atoms with Crippen LogP contribution in [0, 0.1) is 0 Å². The summed E-state index contributed by atoms with van der Waals surface area (Å²) in [6.07, 6.45) is 0. The van der Waals surface area contributed by atoms with E-state index in [0.29, 0.717) is 0 Å². The van der Waals surface area contributed by atoms with Crippen molar-refractivity contribution in [2.75, 3.05) is 0 Å². The van der Waals surface area contributed by atoms with Gasteiger partial charge in [-0.1, -0.05) is 44.0 Å². The van der Waals surface area contributed by atoms with Gasteiger partial charge in [-0.15, -0.1) is 0 Å². The van der Waals surface area contributed by atoms with Crippen LogP contribution >= 0.6 is 31.9 Å². The van der Waals surface area contributed by atoms with Crippen LogP contribution in [-0.4, -0.2) is 0 Å². The summed E-state index contributed by atoms with van der Waals surface area (Å²) in [5.74, 6) is 0. The van der Waals surface area contributed by atoms with Gasteiger partial charge in [0.2, 0.25) is 0 Å². The number of hydrogen-bond donors (Lipinski definition) is 0. The third-order valence-corrected chi connectivity index (χ3v) is 5.30. The van der Waals surface area contributed by atoms with Crippen LogP contribution in [-0.2, 0) is 0 Å². The lowest BCUT2D eigenvalue weighted by Crippen LogP contribution is -1.75. The minimum absolute atomic E-state index is 0.934. The molecule has 0 radical (unpaired) electrons. The Balaban J connectivity index is 1.95. The standard InChI is InChI=1S/C20H10Br2O/c21-15-3-1-11-9-19-17(7-13(11)5-15)18-8-14-6-16(22)4-2-12(14)10-20(18)23-19/h1-10H. The van der Waals surface area contributed by atoms with Gasteiger partial charge in [-0.2, -0.15) is 0 Å². The van der Waals surface area contributed by atoms with Crippen molar-refractivity contribution in [3.8, 4) is 0 Å². The molecule has 0 unspecified atom stereocenters. The van der Waals surface area contributed by atoms with Gasteiger partial charge in [-0.3, -0.25) is 0 Å². The number of benzene rings is 4. The molecule has 1 aromatic heterocycles. The van der Waals surface area contributed by atoms with Crippen molar-refractivity contribution in [2.45, 2.75) is 0 Å². The molecule has 0 fully saturated rings. The van der Waals surface area contributed by atoms with Crippen molar-refractivity contribution >= 4 is 75.3 Å². The first-order valence-corrected chi connectivity index (χ1v) is 8.91. The number of rotatable bonds is 0. The molecule has 0 aliphatic rings. The largest absolute Gasteiger partial charge is 0.456 e. The third kappa shape index (κ3) is 2.11. The normalized spacial score (nSPS) is 11.9. The maximum Gasteiger partial charge on any atom is 0.136 e. The van der Waals surface area contributed by atoms with Crippen molar-refractivity contribution in [3.05, 3.63) is 69.6 Å². The molecule has 23 heavy (non-hydrogen) atoms. The lowest BCUT2D eigenvalue weighted by atomic mass is 10.0.